The Morgan fingerprint density at radius 2 is 2.03 bits per heavy atom. The molecule has 0 fully saturated rings. The lowest BCUT2D eigenvalue weighted by Gasteiger charge is -2.17. The molecule has 0 saturated heterocycles. The zero-order valence-electron chi connectivity index (χ0n) is 18.2. The van der Waals surface area contributed by atoms with Crippen molar-refractivity contribution in [1.29, 1.82) is 0 Å². The maximum atomic E-state index is 12.2. The Bertz CT molecular complexity index is 1300. The predicted octanol–water partition coefficient (Wildman–Crippen LogP) is 3.17. The van der Waals surface area contributed by atoms with Gasteiger partial charge in [-0.15, -0.1) is 5.10 Å². The van der Waals surface area contributed by atoms with Gasteiger partial charge in [0.2, 0.25) is 11.9 Å². The minimum atomic E-state index is -0.532. The number of likely N-dealkylation sites (N-methyl/N-ethyl adjacent to an activating group) is 1. The number of anilines is 4. The van der Waals surface area contributed by atoms with Crippen LogP contribution in [0.2, 0.25) is 0 Å². The van der Waals surface area contributed by atoms with Gasteiger partial charge in [0, 0.05) is 55.7 Å². The molecule has 0 bridgehead atoms. The zero-order valence-corrected chi connectivity index (χ0v) is 18.2. The molecule has 0 atom stereocenters. The van der Waals surface area contributed by atoms with Crippen LogP contribution in [0.4, 0.5) is 23.1 Å². The molecule has 4 aromatic rings. The molecule has 0 unspecified atom stereocenters. The van der Waals surface area contributed by atoms with E-state index in [1.807, 2.05) is 57.3 Å². The average Bonchev–Trinajstić information content (AvgIpc) is 3.29. The second-order valence-electron chi connectivity index (χ2n) is 8.41. The number of aromatic nitrogens is 5. The normalized spacial score (nSPS) is 14.3. The fraction of sp³-hybridized carbons (Fsp3) is 0.261. The van der Waals surface area contributed by atoms with Gasteiger partial charge in [-0.2, -0.15) is 4.98 Å². The van der Waals surface area contributed by atoms with E-state index in [1.54, 1.807) is 23.1 Å². The average molecular weight is 429 g/mol. The number of nitrogens with zero attached hydrogens (tertiary/aromatic N) is 6. The number of fused-ring (bicyclic) bond motifs is 2. The van der Waals surface area contributed by atoms with Crippen molar-refractivity contribution in [2.75, 3.05) is 29.1 Å². The Balaban J connectivity index is 1.37. The number of carbonyl (C=O) groups is 1. The molecule has 3 aromatic heterocycles. The molecule has 5 rings (SSSR count). The molecule has 9 heteroatoms. The number of carbonyl (C=O) groups excluding carboxylic acids is 1. The summed E-state index contributed by atoms with van der Waals surface area (Å²) in [6.07, 6.45) is 6.09. The third kappa shape index (κ3) is 3.51. The van der Waals surface area contributed by atoms with E-state index in [1.165, 1.54) is 0 Å². The van der Waals surface area contributed by atoms with Crippen molar-refractivity contribution in [3.8, 4) is 0 Å². The number of benzene rings is 1. The van der Waals surface area contributed by atoms with E-state index in [-0.39, 0.29) is 5.91 Å². The Kier molecular flexibility index (Phi) is 4.73. The zero-order chi connectivity index (χ0) is 22.3. The van der Waals surface area contributed by atoms with E-state index in [9.17, 15) is 4.79 Å². The predicted molar refractivity (Wildman–Crippen MR) is 123 cm³/mol. The number of nitrogens with one attached hydrogen (secondary N) is 2. The van der Waals surface area contributed by atoms with Gasteiger partial charge in [-0.1, -0.05) is 12.1 Å². The molecule has 1 aliphatic heterocycles. The second kappa shape index (κ2) is 7.60. The van der Waals surface area contributed by atoms with Crippen LogP contribution in [0.25, 0.3) is 5.65 Å². The van der Waals surface area contributed by atoms with Crippen LogP contribution in [-0.2, 0) is 16.6 Å². The van der Waals surface area contributed by atoms with Crippen molar-refractivity contribution in [1.82, 2.24) is 24.6 Å². The topological polar surface area (TPSA) is 100 Å². The first-order valence-corrected chi connectivity index (χ1v) is 10.5. The summed E-state index contributed by atoms with van der Waals surface area (Å²) in [5.74, 6) is 1.20. The Labute approximate surface area is 185 Å². The van der Waals surface area contributed by atoms with E-state index < -0.39 is 5.41 Å². The molecule has 162 valence electrons. The van der Waals surface area contributed by atoms with Crippen LogP contribution in [-0.4, -0.2) is 44.1 Å². The lowest BCUT2D eigenvalue weighted by molar-refractivity contribution is -0.119. The molecule has 0 spiro atoms. The van der Waals surface area contributed by atoms with E-state index in [0.29, 0.717) is 11.6 Å². The van der Waals surface area contributed by atoms with Crippen molar-refractivity contribution >= 4 is 34.7 Å². The number of pyridine rings is 1. The van der Waals surface area contributed by atoms with Gasteiger partial charge in [-0.25, -0.2) is 9.50 Å². The van der Waals surface area contributed by atoms with Gasteiger partial charge >= 0.3 is 0 Å². The molecule has 9 nitrogen and oxygen atoms in total. The summed E-state index contributed by atoms with van der Waals surface area (Å²) in [7, 11) is 1.98. The Morgan fingerprint density at radius 3 is 2.84 bits per heavy atom. The maximum Gasteiger partial charge on any atom is 0.247 e. The minimum Gasteiger partial charge on any atom is -0.356 e. The van der Waals surface area contributed by atoms with Crippen molar-refractivity contribution in [3.63, 3.8) is 0 Å². The highest BCUT2D eigenvalue weighted by atomic mass is 16.2. The number of rotatable bonds is 6. The summed E-state index contributed by atoms with van der Waals surface area (Å²) in [4.78, 5) is 27.8. The highest BCUT2D eigenvalue weighted by Crippen LogP contribution is 2.38. The molecule has 0 saturated carbocycles. The summed E-state index contributed by atoms with van der Waals surface area (Å²) in [5, 5.41) is 10.7. The molecule has 1 aromatic carbocycles. The second-order valence-corrected chi connectivity index (χ2v) is 8.41. The summed E-state index contributed by atoms with van der Waals surface area (Å²) in [5.41, 5.74) is 3.75. The Hall–Kier alpha value is -4.01. The third-order valence-electron chi connectivity index (χ3n) is 5.79. The first-order chi connectivity index (χ1) is 15.4. The van der Waals surface area contributed by atoms with Crippen molar-refractivity contribution < 1.29 is 4.79 Å². The van der Waals surface area contributed by atoms with E-state index in [2.05, 4.69) is 35.6 Å². The van der Waals surface area contributed by atoms with Gasteiger partial charge in [0.05, 0.1) is 5.41 Å². The van der Waals surface area contributed by atoms with Gasteiger partial charge in [0.25, 0.3) is 0 Å². The molecule has 0 aliphatic carbocycles. The number of hydrogen-bond acceptors (Lipinski definition) is 7. The lowest BCUT2D eigenvalue weighted by Crippen LogP contribution is -2.26. The fourth-order valence-corrected chi connectivity index (χ4v) is 3.86. The fourth-order valence-electron chi connectivity index (χ4n) is 3.86. The van der Waals surface area contributed by atoms with Crippen molar-refractivity contribution in [3.05, 3.63) is 66.2 Å². The summed E-state index contributed by atoms with van der Waals surface area (Å²) >= 11 is 0. The van der Waals surface area contributed by atoms with Crippen LogP contribution in [0.3, 0.4) is 0 Å². The highest BCUT2D eigenvalue weighted by Gasteiger charge is 2.38. The first-order valence-electron chi connectivity index (χ1n) is 10.5. The maximum absolute atomic E-state index is 12.2. The molecule has 2 N–H and O–H groups in total. The summed E-state index contributed by atoms with van der Waals surface area (Å²) in [6.45, 7) is 4.59. The van der Waals surface area contributed by atoms with E-state index >= 15 is 0 Å². The first kappa shape index (κ1) is 19.9. The SMILES string of the molecule is CN(CCc1ccccn1)c1nccn2nc(Nc3ccc4c(c3)NC(=O)C4(C)C)nc12. The van der Waals surface area contributed by atoms with Gasteiger partial charge < -0.3 is 15.5 Å². The molecule has 0 radical (unpaired) electrons. The molecule has 32 heavy (non-hydrogen) atoms. The largest absolute Gasteiger partial charge is 0.356 e. The summed E-state index contributed by atoms with van der Waals surface area (Å²) in [6, 6.07) is 11.7. The minimum absolute atomic E-state index is 0.0000359. The third-order valence-corrected chi connectivity index (χ3v) is 5.79. The molecule has 1 aliphatic rings. The van der Waals surface area contributed by atoms with Crippen LogP contribution < -0.4 is 15.5 Å². The molecule has 4 heterocycles. The van der Waals surface area contributed by atoms with Crippen LogP contribution >= 0.6 is 0 Å². The standard InChI is InChI=1S/C23H24N8O/c1-23(2)17-8-7-16(14-18(17)27-21(23)32)26-22-28-20-19(25-11-13-31(20)29-22)30(3)12-9-15-6-4-5-10-24-15/h4-8,10-11,13-14H,9,12H2,1-3H3,(H,26,29)(H,27,32). The smallest absolute Gasteiger partial charge is 0.247 e. The van der Waals surface area contributed by atoms with Crippen LogP contribution in [0, 0.1) is 0 Å². The van der Waals surface area contributed by atoms with Crippen molar-refractivity contribution in [2.45, 2.75) is 25.7 Å². The summed E-state index contributed by atoms with van der Waals surface area (Å²) < 4.78 is 1.71. The van der Waals surface area contributed by atoms with Crippen molar-refractivity contribution in [2.24, 2.45) is 0 Å². The number of amides is 1. The monoisotopic (exact) mass is 428 g/mol. The van der Waals surface area contributed by atoms with Gasteiger partial charge in [0.15, 0.2) is 11.5 Å². The van der Waals surface area contributed by atoms with Gasteiger partial charge in [-0.05, 0) is 43.7 Å². The van der Waals surface area contributed by atoms with Crippen LogP contribution in [0.5, 0.6) is 0 Å². The van der Waals surface area contributed by atoms with Gasteiger partial charge in [-0.3, -0.25) is 9.78 Å². The van der Waals surface area contributed by atoms with Crippen LogP contribution in [0.15, 0.2) is 55.0 Å². The Morgan fingerprint density at radius 1 is 1.16 bits per heavy atom. The molecule has 1 amide bonds. The lowest BCUT2D eigenvalue weighted by atomic mass is 9.86. The van der Waals surface area contributed by atoms with E-state index in [4.69, 9.17) is 0 Å². The molecular formula is C23H24N8O. The van der Waals surface area contributed by atoms with Gasteiger partial charge in [0.1, 0.15) is 0 Å². The highest BCUT2D eigenvalue weighted by molar-refractivity contribution is 6.06. The quantitative estimate of drug-likeness (QED) is 0.486. The van der Waals surface area contributed by atoms with E-state index in [0.717, 1.165) is 41.4 Å². The molecular weight excluding hydrogens is 404 g/mol. The number of hydrogen-bond donors (Lipinski definition) is 2. The van der Waals surface area contributed by atoms with Crippen LogP contribution in [0.1, 0.15) is 25.1 Å².